The molecular formula is C13H16BrNO3S. The highest BCUT2D eigenvalue weighted by atomic mass is 79.9. The number of halogens is 1. The van der Waals surface area contributed by atoms with E-state index in [9.17, 15) is 13.2 Å². The predicted octanol–water partition coefficient (Wildman–Crippen LogP) is 2.79. The molecule has 0 bridgehead atoms. The number of carbonyl (C=O) groups excluding carboxylic acids is 1. The molecule has 0 saturated carbocycles. The zero-order valence-corrected chi connectivity index (χ0v) is 13.1. The van der Waals surface area contributed by atoms with Gasteiger partial charge in [-0.2, -0.15) is 0 Å². The fourth-order valence-corrected chi connectivity index (χ4v) is 4.07. The normalized spacial score (nSPS) is 20.0. The molecule has 1 aliphatic heterocycles. The number of carbonyl (C=O) groups is 1. The molecule has 0 spiro atoms. The molecule has 1 atom stereocenters. The molecule has 19 heavy (non-hydrogen) atoms. The van der Waals surface area contributed by atoms with Crippen molar-refractivity contribution in [2.75, 3.05) is 6.54 Å². The topological polar surface area (TPSA) is 54.5 Å². The first kappa shape index (κ1) is 14.5. The Morgan fingerprint density at radius 1 is 1.32 bits per heavy atom. The quantitative estimate of drug-likeness (QED) is 0.842. The molecule has 1 fully saturated rings. The molecule has 104 valence electrons. The van der Waals surface area contributed by atoms with Gasteiger partial charge in [-0.1, -0.05) is 29.3 Å². The van der Waals surface area contributed by atoms with Gasteiger partial charge in [-0.15, -0.1) is 0 Å². The highest BCUT2D eigenvalue weighted by Crippen LogP contribution is 2.28. The molecule has 1 unspecified atom stereocenters. The van der Waals surface area contributed by atoms with Gasteiger partial charge in [0.1, 0.15) is 0 Å². The van der Waals surface area contributed by atoms with Crippen LogP contribution >= 0.6 is 15.9 Å². The summed E-state index contributed by atoms with van der Waals surface area (Å²) in [7, 11) is -3.69. The van der Waals surface area contributed by atoms with Crippen LogP contribution in [0.4, 0.5) is 0 Å². The lowest BCUT2D eigenvalue weighted by Gasteiger charge is -2.17. The van der Waals surface area contributed by atoms with E-state index in [1.807, 2.05) is 6.92 Å². The summed E-state index contributed by atoms with van der Waals surface area (Å²) in [4.78, 5) is 12.1. The summed E-state index contributed by atoms with van der Waals surface area (Å²) in [6.07, 6.45) is 2.19. The summed E-state index contributed by atoms with van der Waals surface area (Å²) in [6.45, 7) is 2.35. The minimum atomic E-state index is -3.69. The van der Waals surface area contributed by atoms with Gasteiger partial charge < -0.3 is 0 Å². The molecule has 0 aromatic heterocycles. The molecule has 0 radical (unpaired) electrons. The van der Waals surface area contributed by atoms with Crippen LogP contribution in [0.15, 0.2) is 33.6 Å². The molecule has 1 aromatic rings. The molecule has 6 heteroatoms. The first-order chi connectivity index (χ1) is 8.95. The fourth-order valence-electron chi connectivity index (χ4n) is 2.32. The van der Waals surface area contributed by atoms with E-state index in [1.165, 1.54) is 12.1 Å². The third-order valence-corrected chi connectivity index (χ3v) is 5.59. The smallest absolute Gasteiger partial charge is 0.266 e. The molecule has 1 heterocycles. The predicted molar refractivity (Wildman–Crippen MR) is 76.1 cm³/mol. The summed E-state index contributed by atoms with van der Waals surface area (Å²) in [5.41, 5.74) is 0. The zero-order chi connectivity index (χ0) is 14.0. The van der Waals surface area contributed by atoms with Gasteiger partial charge >= 0.3 is 0 Å². The Morgan fingerprint density at radius 2 is 1.95 bits per heavy atom. The monoisotopic (exact) mass is 345 g/mol. The van der Waals surface area contributed by atoms with Crippen molar-refractivity contribution in [1.82, 2.24) is 4.31 Å². The molecule has 2 rings (SSSR count). The van der Waals surface area contributed by atoms with Crippen LogP contribution in [0.1, 0.15) is 26.2 Å². The minimum Gasteiger partial charge on any atom is -0.274 e. The van der Waals surface area contributed by atoms with Gasteiger partial charge in [0.2, 0.25) is 5.91 Å². The maximum atomic E-state index is 12.4. The Labute approximate surface area is 122 Å². The van der Waals surface area contributed by atoms with Crippen molar-refractivity contribution in [3.63, 3.8) is 0 Å². The van der Waals surface area contributed by atoms with Crippen LogP contribution in [0.5, 0.6) is 0 Å². The van der Waals surface area contributed by atoms with E-state index in [0.29, 0.717) is 13.0 Å². The summed E-state index contributed by atoms with van der Waals surface area (Å²) in [6, 6.07) is 6.35. The van der Waals surface area contributed by atoms with E-state index in [4.69, 9.17) is 0 Å². The van der Waals surface area contributed by atoms with Gasteiger partial charge in [0.05, 0.1) is 4.90 Å². The summed E-state index contributed by atoms with van der Waals surface area (Å²) in [5.74, 6) is -0.135. The van der Waals surface area contributed by atoms with Crippen LogP contribution in [-0.4, -0.2) is 25.2 Å². The second kappa shape index (κ2) is 5.63. The lowest BCUT2D eigenvalue weighted by atomic mass is 10.0. The fraction of sp³-hybridized carbons (Fsp3) is 0.462. The van der Waals surface area contributed by atoms with Crippen molar-refractivity contribution in [2.24, 2.45) is 5.92 Å². The molecule has 1 aromatic carbocycles. The van der Waals surface area contributed by atoms with E-state index in [0.717, 1.165) is 21.6 Å². The summed E-state index contributed by atoms with van der Waals surface area (Å²) in [5, 5.41) is 0. The van der Waals surface area contributed by atoms with E-state index in [1.54, 1.807) is 12.1 Å². The van der Waals surface area contributed by atoms with Crippen LogP contribution in [0.3, 0.4) is 0 Å². The average molecular weight is 346 g/mol. The van der Waals surface area contributed by atoms with Crippen LogP contribution in [0.25, 0.3) is 0 Å². The van der Waals surface area contributed by atoms with Gasteiger partial charge in [0.15, 0.2) is 0 Å². The first-order valence-corrected chi connectivity index (χ1v) is 8.49. The van der Waals surface area contributed by atoms with E-state index in [-0.39, 0.29) is 16.7 Å². The number of hydrogen-bond acceptors (Lipinski definition) is 3. The third kappa shape index (κ3) is 3.00. The van der Waals surface area contributed by atoms with Crippen molar-refractivity contribution in [3.05, 3.63) is 28.7 Å². The van der Waals surface area contributed by atoms with Gasteiger partial charge in [0.25, 0.3) is 10.0 Å². The molecule has 1 saturated heterocycles. The Morgan fingerprint density at radius 3 is 2.53 bits per heavy atom. The SMILES string of the molecule is CCCC1CC(=O)N(S(=O)(=O)c2ccc(Br)cc2)C1. The average Bonchev–Trinajstić information content (AvgIpc) is 2.72. The minimum absolute atomic E-state index is 0.155. The Kier molecular flexibility index (Phi) is 4.30. The zero-order valence-electron chi connectivity index (χ0n) is 10.7. The number of nitrogens with zero attached hydrogens (tertiary/aromatic N) is 1. The maximum absolute atomic E-state index is 12.4. The van der Waals surface area contributed by atoms with E-state index < -0.39 is 10.0 Å². The molecule has 0 N–H and O–H groups in total. The van der Waals surface area contributed by atoms with Crippen LogP contribution in [0, 0.1) is 5.92 Å². The van der Waals surface area contributed by atoms with Crippen molar-refractivity contribution in [2.45, 2.75) is 31.1 Å². The Balaban J connectivity index is 2.25. The van der Waals surface area contributed by atoms with Gasteiger partial charge in [-0.05, 0) is 36.6 Å². The second-order valence-corrected chi connectivity index (χ2v) is 7.52. The molecule has 0 aliphatic carbocycles. The van der Waals surface area contributed by atoms with E-state index >= 15 is 0 Å². The molecule has 4 nitrogen and oxygen atoms in total. The number of rotatable bonds is 4. The molecule has 1 amide bonds. The van der Waals surface area contributed by atoms with Crippen LogP contribution < -0.4 is 0 Å². The molecule has 1 aliphatic rings. The van der Waals surface area contributed by atoms with Crippen molar-refractivity contribution < 1.29 is 13.2 Å². The largest absolute Gasteiger partial charge is 0.274 e. The van der Waals surface area contributed by atoms with Gasteiger partial charge in [-0.25, -0.2) is 12.7 Å². The standard InChI is InChI=1S/C13H16BrNO3S/c1-2-3-10-8-13(16)15(9-10)19(17,18)12-6-4-11(14)5-7-12/h4-7,10H,2-3,8-9H2,1H3. The van der Waals surface area contributed by atoms with Gasteiger partial charge in [0, 0.05) is 17.4 Å². The Bertz CT molecular complexity index is 568. The molecular weight excluding hydrogens is 330 g/mol. The van der Waals surface area contributed by atoms with Crippen LogP contribution in [-0.2, 0) is 14.8 Å². The Hall–Kier alpha value is -0.880. The van der Waals surface area contributed by atoms with Gasteiger partial charge in [-0.3, -0.25) is 4.79 Å². The van der Waals surface area contributed by atoms with E-state index in [2.05, 4.69) is 15.9 Å². The lowest BCUT2D eigenvalue weighted by Crippen LogP contribution is -2.32. The van der Waals surface area contributed by atoms with Crippen LogP contribution in [0.2, 0.25) is 0 Å². The highest BCUT2D eigenvalue weighted by molar-refractivity contribution is 9.10. The number of hydrogen-bond donors (Lipinski definition) is 0. The summed E-state index contributed by atoms with van der Waals surface area (Å²) >= 11 is 3.26. The summed E-state index contributed by atoms with van der Waals surface area (Å²) < 4.78 is 26.6. The lowest BCUT2D eigenvalue weighted by molar-refractivity contribution is -0.123. The van der Waals surface area contributed by atoms with Crippen molar-refractivity contribution in [1.29, 1.82) is 0 Å². The third-order valence-electron chi connectivity index (χ3n) is 3.26. The van der Waals surface area contributed by atoms with Crippen molar-refractivity contribution in [3.8, 4) is 0 Å². The first-order valence-electron chi connectivity index (χ1n) is 6.26. The number of sulfonamides is 1. The number of amides is 1. The number of benzene rings is 1. The second-order valence-electron chi connectivity index (χ2n) is 4.74. The van der Waals surface area contributed by atoms with Crippen molar-refractivity contribution >= 4 is 31.9 Å². The highest BCUT2D eigenvalue weighted by Gasteiger charge is 2.37. The maximum Gasteiger partial charge on any atom is 0.266 e.